The minimum absolute atomic E-state index is 0.0144. The molecular weight excluding hydrogens is 378 g/mol. The van der Waals surface area contributed by atoms with Crippen LogP contribution < -0.4 is 5.32 Å². The number of nitrogens with one attached hydrogen (secondary N) is 1. The second-order valence-electron chi connectivity index (χ2n) is 8.00. The zero-order valence-electron chi connectivity index (χ0n) is 16.7. The molecule has 1 aliphatic heterocycles. The van der Waals surface area contributed by atoms with Gasteiger partial charge in [0, 0.05) is 29.8 Å². The van der Waals surface area contributed by atoms with Crippen molar-refractivity contribution in [2.75, 3.05) is 0 Å². The van der Waals surface area contributed by atoms with Crippen LogP contribution in [-0.4, -0.2) is 24.5 Å². The molecule has 0 spiro atoms. The molecule has 0 amide bonds. The van der Waals surface area contributed by atoms with Gasteiger partial charge < -0.3 is 14.8 Å². The van der Waals surface area contributed by atoms with Gasteiger partial charge in [-0.25, -0.2) is 0 Å². The van der Waals surface area contributed by atoms with E-state index in [1.807, 2.05) is 36.7 Å². The Kier molecular flexibility index (Phi) is 4.59. The molecule has 29 heavy (non-hydrogen) atoms. The third-order valence-corrected chi connectivity index (χ3v) is 6.36. The number of hydrogen-bond donors (Lipinski definition) is 1. The van der Waals surface area contributed by atoms with E-state index in [9.17, 15) is 0 Å². The van der Waals surface area contributed by atoms with Crippen molar-refractivity contribution < 1.29 is 0 Å². The Morgan fingerprint density at radius 2 is 1.83 bits per heavy atom. The van der Waals surface area contributed by atoms with E-state index in [1.165, 1.54) is 29.8 Å². The highest BCUT2D eigenvalue weighted by Gasteiger charge is 2.42. The molecule has 0 bridgehead atoms. The van der Waals surface area contributed by atoms with Crippen LogP contribution >= 0.6 is 12.2 Å². The number of nitrogens with zero attached hydrogens (tertiary/aromatic N) is 4. The lowest BCUT2D eigenvalue weighted by Crippen LogP contribution is -2.29. The maximum atomic E-state index is 5.79. The van der Waals surface area contributed by atoms with E-state index in [0.717, 1.165) is 16.5 Å². The monoisotopic (exact) mass is 403 g/mol. The van der Waals surface area contributed by atoms with Gasteiger partial charge in [-0.1, -0.05) is 12.1 Å². The van der Waals surface area contributed by atoms with Gasteiger partial charge in [-0.3, -0.25) is 9.97 Å². The van der Waals surface area contributed by atoms with Crippen molar-refractivity contribution in [3.63, 3.8) is 0 Å². The van der Waals surface area contributed by atoms with Crippen LogP contribution in [0.25, 0.3) is 0 Å². The molecule has 1 saturated carbocycles. The van der Waals surface area contributed by atoms with Crippen molar-refractivity contribution in [2.45, 2.75) is 51.4 Å². The summed E-state index contributed by atoms with van der Waals surface area (Å²) in [5.74, 6) is 0. The molecule has 2 aliphatic rings. The van der Waals surface area contributed by atoms with E-state index in [4.69, 9.17) is 12.2 Å². The summed E-state index contributed by atoms with van der Waals surface area (Å²) in [4.78, 5) is 11.5. The first-order chi connectivity index (χ1) is 14.1. The molecule has 4 heterocycles. The summed E-state index contributed by atoms with van der Waals surface area (Å²) in [5.41, 5.74) is 6.02. The molecule has 5 nitrogen and oxygen atoms in total. The lowest BCUT2D eigenvalue weighted by molar-refractivity contribution is 0.307. The Labute approximate surface area is 176 Å². The van der Waals surface area contributed by atoms with Crippen LogP contribution in [0.3, 0.4) is 0 Å². The SMILES string of the molecule is Cc1cc([C@H]2[C@@H](c3ccccn3)NC(=S)N2Cc2ccccn2)c(C)n1C1CC1. The summed E-state index contributed by atoms with van der Waals surface area (Å²) in [5, 5.41) is 4.30. The molecule has 6 heteroatoms. The number of thiocarbonyl (C=S) groups is 1. The van der Waals surface area contributed by atoms with Crippen LogP contribution in [0.4, 0.5) is 0 Å². The number of aryl methyl sites for hydroxylation is 1. The predicted molar refractivity (Wildman–Crippen MR) is 117 cm³/mol. The van der Waals surface area contributed by atoms with Gasteiger partial charge in [-0.05, 0) is 74.8 Å². The molecule has 3 aromatic rings. The Balaban J connectivity index is 1.59. The fraction of sp³-hybridized carbons (Fsp3) is 0.348. The predicted octanol–water partition coefficient (Wildman–Crippen LogP) is 4.40. The molecule has 0 radical (unpaired) electrons. The van der Waals surface area contributed by atoms with Crippen LogP contribution in [-0.2, 0) is 6.54 Å². The van der Waals surface area contributed by atoms with E-state index in [2.05, 4.69) is 56.8 Å². The van der Waals surface area contributed by atoms with Crippen LogP contribution in [0.1, 0.15) is 59.3 Å². The Hall–Kier alpha value is -2.73. The number of hydrogen-bond acceptors (Lipinski definition) is 3. The maximum absolute atomic E-state index is 5.79. The van der Waals surface area contributed by atoms with Gasteiger partial charge in [0.2, 0.25) is 0 Å². The van der Waals surface area contributed by atoms with Gasteiger partial charge in [-0.2, -0.15) is 0 Å². The molecule has 0 aromatic carbocycles. The number of rotatable bonds is 5. The van der Waals surface area contributed by atoms with Gasteiger partial charge in [0.05, 0.1) is 30.0 Å². The second-order valence-corrected chi connectivity index (χ2v) is 8.39. The normalized spacial score (nSPS) is 21.4. The topological polar surface area (TPSA) is 46.0 Å². The third kappa shape index (κ3) is 3.31. The van der Waals surface area contributed by atoms with E-state index in [-0.39, 0.29) is 12.1 Å². The van der Waals surface area contributed by atoms with Crippen molar-refractivity contribution in [3.8, 4) is 0 Å². The standard InChI is InChI=1S/C23H25N5S/c1-15-13-19(16(2)28(15)18-9-10-18)22-21(20-8-4-6-12-25-20)26-23(29)27(22)14-17-7-3-5-11-24-17/h3-8,11-13,18,21-22H,9-10,14H2,1-2H3,(H,26,29)/t21-,22+/m1/s1. The molecule has 5 rings (SSSR count). The highest BCUT2D eigenvalue weighted by Crippen LogP contribution is 2.44. The molecule has 1 aliphatic carbocycles. The van der Waals surface area contributed by atoms with E-state index < -0.39 is 0 Å². The summed E-state index contributed by atoms with van der Waals surface area (Å²) in [6.07, 6.45) is 6.25. The fourth-order valence-electron chi connectivity index (χ4n) is 4.58. The van der Waals surface area contributed by atoms with Crippen molar-refractivity contribution in [2.24, 2.45) is 0 Å². The van der Waals surface area contributed by atoms with Gasteiger partial charge >= 0.3 is 0 Å². The van der Waals surface area contributed by atoms with Gasteiger partial charge in [0.15, 0.2) is 5.11 Å². The molecule has 2 atom stereocenters. The second kappa shape index (κ2) is 7.26. The number of aromatic nitrogens is 3. The summed E-state index contributed by atoms with van der Waals surface area (Å²) >= 11 is 5.79. The van der Waals surface area contributed by atoms with Crippen LogP contribution in [0, 0.1) is 13.8 Å². The first-order valence-corrected chi connectivity index (χ1v) is 10.6. The first-order valence-electron chi connectivity index (χ1n) is 10.2. The van der Waals surface area contributed by atoms with E-state index in [1.54, 1.807) is 0 Å². The minimum Gasteiger partial charge on any atom is -0.352 e. The van der Waals surface area contributed by atoms with Crippen LogP contribution in [0.15, 0.2) is 54.9 Å². The highest BCUT2D eigenvalue weighted by molar-refractivity contribution is 7.80. The summed E-state index contributed by atoms with van der Waals surface area (Å²) in [6, 6.07) is 15.2. The quantitative estimate of drug-likeness (QED) is 0.640. The number of pyridine rings is 2. The molecular formula is C23H25N5S. The van der Waals surface area contributed by atoms with Crippen LogP contribution in [0.5, 0.6) is 0 Å². The average molecular weight is 404 g/mol. The first kappa shape index (κ1) is 18.3. The van der Waals surface area contributed by atoms with Crippen molar-refractivity contribution in [1.29, 1.82) is 0 Å². The minimum atomic E-state index is 0.0144. The molecule has 0 unspecified atom stereocenters. The zero-order valence-corrected chi connectivity index (χ0v) is 17.6. The Morgan fingerprint density at radius 1 is 1.07 bits per heavy atom. The molecule has 148 valence electrons. The summed E-state index contributed by atoms with van der Waals surface area (Å²) in [7, 11) is 0. The Bertz CT molecular complexity index is 1030. The van der Waals surface area contributed by atoms with Gasteiger partial charge in [0.25, 0.3) is 0 Å². The molecule has 2 fully saturated rings. The lowest BCUT2D eigenvalue weighted by atomic mass is 9.96. The lowest BCUT2D eigenvalue weighted by Gasteiger charge is -2.28. The van der Waals surface area contributed by atoms with E-state index >= 15 is 0 Å². The fourth-order valence-corrected chi connectivity index (χ4v) is 4.88. The van der Waals surface area contributed by atoms with Crippen LogP contribution in [0.2, 0.25) is 0 Å². The van der Waals surface area contributed by atoms with Gasteiger partial charge in [0.1, 0.15) is 0 Å². The maximum Gasteiger partial charge on any atom is 0.170 e. The zero-order chi connectivity index (χ0) is 20.0. The molecule has 1 N–H and O–H groups in total. The summed E-state index contributed by atoms with van der Waals surface area (Å²) in [6.45, 7) is 5.14. The van der Waals surface area contributed by atoms with E-state index in [0.29, 0.717) is 12.6 Å². The van der Waals surface area contributed by atoms with Gasteiger partial charge in [-0.15, -0.1) is 0 Å². The van der Waals surface area contributed by atoms with Crippen molar-refractivity contribution in [3.05, 3.63) is 83.2 Å². The average Bonchev–Trinajstić information content (AvgIpc) is 3.46. The summed E-state index contributed by atoms with van der Waals surface area (Å²) < 4.78 is 2.51. The molecule has 1 saturated heterocycles. The highest BCUT2D eigenvalue weighted by atomic mass is 32.1. The smallest absolute Gasteiger partial charge is 0.170 e. The third-order valence-electron chi connectivity index (χ3n) is 6.01. The van der Waals surface area contributed by atoms with Crippen molar-refractivity contribution >= 4 is 17.3 Å². The van der Waals surface area contributed by atoms with Crippen molar-refractivity contribution in [1.82, 2.24) is 24.8 Å². The largest absolute Gasteiger partial charge is 0.352 e. The molecule has 3 aromatic heterocycles. The Morgan fingerprint density at radius 3 is 2.48 bits per heavy atom.